The zero-order valence-corrected chi connectivity index (χ0v) is 13.7. The summed E-state index contributed by atoms with van der Waals surface area (Å²) in [7, 11) is 0. The van der Waals surface area contributed by atoms with Crippen LogP contribution in [0.1, 0.15) is 31.9 Å². The van der Waals surface area contributed by atoms with Crippen LogP contribution in [0.4, 0.5) is 0 Å². The van der Waals surface area contributed by atoms with Crippen molar-refractivity contribution in [1.82, 2.24) is 5.32 Å². The first kappa shape index (κ1) is 16.3. The van der Waals surface area contributed by atoms with E-state index in [-0.39, 0.29) is 12.1 Å². The molecule has 3 unspecified atom stereocenters. The van der Waals surface area contributed by atoms with Gasteiger partial charge < -0.3 is 15.2 Å². The fourth-order valence-corrected chi connectivity index (χ4v) is 3.02. The number of benzene rings is 1. The molecule has 0 radical (unpaired) electrons. The first-order valence-electron chi connectivity index (χ1n) is 6.56. The molecule has 1 heterocycles. The second kappa shape index (κ2) is 6.39. The average Bonchev–Trinajstić information content (AvgIpc) is 2.74. The van der Waals surface area contributed by atoms with Crippen LogP contribution < -0.4 is 5.32 Å². The van der Waals surface area contributed by atoms with Crippen LogP contribution in [0.2, 0.25) is 15.1 Å². The average molecular weight is 339 g/mol. The van der Waals surface area contributed by atoms with Gasteiger partial charge in [-0.25, -0.2) is 0 Å². The number of halogens is 3. The Balaban J connectivity index is 2.06. The lowest BCUT2D eigenvalue weighted by molar-refractivity contribution is -0.0274. The Labute approximate surface area is 134 Å². The molecule has 3 nitrogen and oxygen atoms in total. The Kier molecular flexibility index (Phi) is 5.22. The van der Waals surface area contributed by atoms with Crippen LogP contribution in [0.3, 0.4) is 0 Å². The first-order valence-corrected chi connectivity index (χ1v) is 7.69. The van der Waals surface area contributed by atoms with Crippen LogP contribution in [-0.4, -0.2) is 30.0 Å². The maximum absolute atomic E-state index is 10.5. The van der Waals surface area contributed by atoms with E-state index >= 15 is 0 Å². The summed E-state index contributed by atoms with van der Waals surface area (Å²) in [6.07, 6.45) is 0.453. The maximum atomic E-state index is 10.5. The quantitative estimate of drug-likeness (QED) is 0.820. The number of nitrogens with one attached hydrogen (secondary N) is 1. The second-order valence-electron chi connectivity index (χ2n) is 5.23. The van der Waals surface area contributed by atoms with E-state index in [0.717, 1.165) is 5.56 Å². The molecule has 0 aliphatic carbocycles. The third-order valence-corrected chi connectivity index (χ3v) is 5.21. The van der Waals surface area contributed by atoms with E-state index < -0.39 is 5.60 Å². The molecule has 0 spiro atoms. The molecule has 2 rings (SSSR count). The molecule has 1 aliphatic heterocycles. The van der Waals surface area contributed by atoms with Gasteiger partial charge in [0.15, 0.2) is 0 Å². The maximum Gasteiger partial charge on any atom is 0.105 e. The van der Waals surface area contributed by atoms with E-state index in [1.54, 1.807) is 6.07 Å². The van der Waals surface area contributed by atoms with Crippen molar-refractivity contribution in [2.75, 3.05) is 13.2 Å². The first-order chi connectivity index (χ1) is 9.35. The van der Waals surface area contributed by atoms with Gasteiger partial charge >= 0.3 is 0 Å². The smallest absolute Gasteiger partial charge is 0.105 e. The highest BCUT2D eigenvalue weighted by Gasteiger charge is 2.39. The summed E-state index contributed by atoms with van der Waals surface area (Å²) < 4.78 is 5.41. The standard InChI is InChI=1S/C14H18Cl3NO2/c1-8(10-3-4-11(15)13(17)12(10)16)18-7-14(19)5-6-20-9(14)2/h3-4,8-9,18-19H,5-7H2,1-2H3. The number of hydrogen-bond acceptors (Lipinski definition) is 3. The zero-order valence-electron chi connectivity index (χ0n) is 11.4. The largest absolute Gasteiger partial charge is 0.386 e. The highest BCUT2D eigenvalue weighted by atomic mass is 35.5. The van der Waals surface area contributed by atoms with Crippen molar-refractivity contribution in [3.05, 3.63) is 32.8 Å². The molecule has 20 heavy (non-hydrogen) atoms. The van der Waals surface area contributed by atoms with Crippen LogP contribution in [0.5, 0.6) is 0 Å². The molecule has 0 saturated carbocycles. The van der Waals surface area contributed by atoms with Crippen LogP contribution in [0, 0.1) is 0 Å². The third-order valence-electron chi connectivity index (χ3n) is 3.91. The van der Waals surface area contributed by atoms with Crippen molar-refractivity contribution in [2.24, 2.45) is 0 Å². The minimum absolute atomic E-state index is 0.0471. The van der Waals surface area contributed by atoms with E-state index in [2.05, 4.69) is 5.32 Å². The van der Waals surface area contributed by atoms with E-state index in [0.29, 0.717) is 34.6 Å². The van der Waals surface area contributed by atoms with Crippen LogP contribution in [0.15, 0.2) is 12.1 Å². The second-order valence-corrected chi connectivity index (χ2v) is 6.40. The van der Waals surface area contributed by atoms with Gasteiger partial charge in [-0.05, 0) is 25.5 Å². The summed E-state index contributed by atoms with van der Waals surface area (Å²) in [6, 6.07) is 3.51. The van der Waals surface area contributed by atoms with Gasteiger partial charge in [0.05, 0.1) is 21.2 Å². The Morgan fingerprint density at radius 2 is 2.10 bits per heavy atom. The fourth-order valence-electron chi connectivity index (χ4n) is 2.32. The van der Waals surface area contributed by atoms with Gasteiger partial charge in [-0.15, -0.1) is 0 Å². The van der Waals surface area contributed by atoms with E-state index in [1.165, 1.54) is 0 Å². The molecule has 112 valence electrons. The topological polar surface area (TPSA) is 41.5 Å². The molecule has 6 heteroatoms. The Bertz CT molecular complexity index is 498. The molecular formula is C14H18Cl3NO2. The summed E-state index contributed by atoms with van der Waals surface area (Å²) in [5.41, 5.74) is 0.0213. The predicted octanol–water partition coefficient (Wildman–Crippen LogP) is 3.84. The molecule has 0 bridgehead atoms. The van der Waals surface area contributed by atoms with Crippen molar-refractivity contribution >= 4 is 34.8 Å². The molecule has 3 atom stereocenters. The minimum atomic E-state index is -0.836. The van der Waals surface area contributed by atoms with E-state index in [1.807, 2.05) is 19.9 Å². The van der Waals surface area contributed by atoms with Gasteiger partial charge in [0.25, 0.3) is 0 Å². The summed E-state index contributed by atoms with van der Waals surface area (Å²) in [5.74, 6) is 0. The zero-order chi connectivity index (χ0) is 14.9. The summed E-state index contributed by atoms with van der Waals surface area (Å²) in [6.45, 7) is 4.87. The Morgan fingerprint density at radius 3 is 2.70 bits per heavy atom. The van der Waals surface area contributed by atoms with E-state index in [9.17, 15) is 5.11 Å². The molecule has 1 fully saturated rings. The molecule has 0 aromatic heterocycles. The molecule has 0 amide bonds. The van der Waals surface area contributed by atoms with Gasteiger partial charge in [-0.2, -0.15) is 0 Å². The summed E-state index contributed by atoms with van der Waals surface area (Å²) in [5, 5.41) is 15.0. The monoisotopic (exact) mass is 337 g/mol. The summed E-state index contributed by atoms with van der Waals surface area (Å²) in [4.78, 5) is 0. The fraction of sp³-hybridized carbons (Fsp3) is 0.571. The van der Waals surface area contributed by atoms with Crippen molar-refractivity contribution in [2.45, 2.75) is 38.0 Å². The molecule has 1 aromatic carbocycles. The number of rotatable bonds is 4. The van der Waals surface area contributed by atoms with Crippen LogP contribution in [-0.2, 0) is 4.74 Å². The van der Waals surface area contributed by atoms with Gasteiger partial charge in [-0.3, -0.25) is 0 Å². The summed E-state index contributed by atoms with van der Waals surface area (Å²) >= 11 is 18.2. The third kappa shape index (κ3) is 3.24. The lowest BCUT2D eigenvalue weighted by Crippen LogP contribution is -2.46. The molecule has 1 aromatic rings. The van der Waals surface area contributed by atoms with Crippen molar-refractivity contribution < 1.29 is 9.84 Å². The number of aliphatic hydroxyl groups is 1. The molecular weight excluding hydrogens is 321 g/mol. The predicted molar refractivity (Wildman–Crippen MR) is 82.9 cm³/mol. The highest BCUT2D eigenvalue weighted by molar-refractivity contribution is 6.48. The SMILES string of the molecule is CC(NCC1(O)CCOC1C)c1ccc(Cl)c(Cl)c1Cl. The van der Waals surface area contributed by atoms with Crippen LogP contribution >= 0.6 is 34.8 Å². The van der Waals surface area contributed by atoms with Crippen molar-refractivity contribution in [1.29, 1.82) is 0 Å². The van der Waals surface area contributed by atoms with Gasteiger partial charge in [0.1, 0.15) is 5.60 Å². The molecule has 1 aliphatic rings. The number of hydrogen-bond donors (Lipinski definition) is 2. The van der Waals surface area contributed by atoms with E-state index in [4.69, 9.17) is 39.5 Å². The normalized spacial score (nSPS) is 27.8. The minimum Gasteiger partial charge on any atom is -0.386 e. The molecule has 1 saturated heterocycles. The lowest BCUT2D eigenvalue weighted by atomic mass is 9.96. The van der Waals surface area contributed by atoms with Gasteiger partial charge in [-0.1, -0.05) is 40.9 Å². The molecule has 2 N–H and O–H groups in total. The van der Waals surface area contributed by atoms with Gasteiger partial charge in [0, 0.05) is 25.6 Å². The Morgan fingerprint density at radius 1 is 1.40 bits per heavy atom. The highest BCUT2D eigenvalue weighted by Crippen LogP contribution is 2.35. The van der Waals surface area contributed by atoms with Crippen molar-refractivity contribution in [3.8, 4) is 0 Å². The van der Waals surface area contributed by atoms with Crippen molar-refractivity contribution in [3.63, 3.8) is 0 Å². The lowest BCUT2D eigenvalue weighted by Gasteiger charge is -2.28. The Hall–Kier alpha value is -0.0300. The number of ether oxygens (including phenoxy) is 1. The van der Waals surface area contributed by atoms with Crippen LogP contribution in [0.25, 0.3) is 0 Å². The van der Waals surface area contributed by atoms with Gasteiger partial charge in [0.2, 0.25) is 0 Å².